The first-order valence-corrected chi connectivity index (χ1v) is 9.06. The molecule has 1 aliphatic carbocycles. The van der Waals surface area contributed by atoms with Crippen LogP contribution in [-0.2, 0) is 0 Å². The lowest BCUT2D eigenvalue weighted by atomic mass is 9.75. The van der Waals surface area contributed by atoms with E-state index in [0.29, 0.717) is 5.41 Å². The molecule has 0 radical (unpaired) electrons. The minimum Gasteiger partial charge on any atom is -0.303 e. The number of halogens is 1. The van der Waals surface area contributed by atoms with Crippen LogP contribution in [0, 0.1) is 17.3 Å². The second kappa shape index (κ2) is 6.74. The van der Waals surface area contributed by atoms with E-state index >= 15 is 0 Å². The lowest BCUT2D eigenvalue weighted by Gasteiger charge is -2.43. The maximum absolute atomic E-state index is 3.80. The van der Waals surface area contributed by atoms with Crippen molar-refractivity contribution in [3.05, 3.63) is 0 Å². The van der Waals surface area contributed by atoms with E-state index in [2.05, 4.69) is 34.7 Å². The smallest absolute Gasteiger partial charge is 0.0100 e. The van der Waals surface area contributed by atoms with Gasteiger partial charge in [-0.1, -0.05) is 49.0 Å². The molecular formula is C16H30BrN. The molecule has 1 saturated heterocycles. The number of alkyl halides is 1. The molecule has 0 amide bonds. The molecule has 2 rings (SSSR count). The van der Waals surface area contributed by atoms with E-state index in [1.54, 1.807) is 0 Å². The molecule has 0 N–H and O–H groups in total. The summed E-state index contributed by atoms with van der Waals surface area (Å²) in [6.07, 6.45) is 10.1. The van der Waals surface area contributed by atoms with E-state index in [1.807, 2.05) is 0 Å². The summed E-state index contributed by atoms with van der Waals surface area (Å²) < 4.78 is 0. The minimum absolute atomic E-state index is 0.600. The van der Waals surface area contributed by atoms with E-state index in [9.17, 15) is 0 Å². The second-order valence-electron chi connectivity index (χ2n) is 7.05. The van der Waals surface area contributed by atoms with Gasteiger partial charge in [0.1, 0.15) is 0 Å². The Kier molecular flexibility index (Phi) is 5.56. The monoisotopic (exact) mass is 315 g/mol. The summed E-state index contributed by atoms with van der Waals surface area (Å²) in [7, 11) is 0. The van der Waals surface area contributed by atoms with Crippen LogP contribution in [0.5, 0.6) is 0 Å². The molecule has 0 bridgehead atoms. The van der Waals surface area contributed by atoms with Crippen LogP contribution in [-0.4, -0.2) is 29.9 Å². The van der Waals surface area contributed by atoms with Crippen LogP contribution in [0.4, 0.5) is 0 Å². The average molecular weight is 316 g/mol. The van der Waals surface area contributed by atoms with Gasteiger partial charge in [-0.25, -0.2) is 0 Å². The minimum atomic E-state index is 0.600. The molecule has 0 aromatic rings. The molecule has 1 nitrogen and oxygen atoms in total. The van der Waals surface area contributed by atoms with E-state index in [-0.39, 0.29) is 0 Å². The Morgan fingerprint density at radius 2 is 1.72 bits per heavy atom. The van der Waals surface area contributed by atoms with E-state index < -0.39 is 0 Å². The molecule has 0 atom stereocenters. The highest BCUT2D eigenvalue weighted by Gasteiger charge is 2.34. The van der Waals surface area contributed by atoms with Crippen molar-refractivity contribution in [2.24, 2.45) is 17.3 Å². The van der Waals surface area contributed by atoms with Crippen LogP contribution in [0.15, 0.2) is 0 Å². The van der Waals surface area contributed by atoms with Gasteiger partial charge in [0.05, 0.1) is 0 Å². The summed E-state index contributed by atoms with van der Waals surface area (Å²) in [5, 5.41) is 1.21. The molecule has 0 spiro atoms. The molecule has 2 heteroatoms. The Morgan fingerprint density at radius 3 is 2.22 bits per heavy atom. The van der Waals surface area contributed by atoms with Crippen molar-refractivity contribution in [3.63, 3.8) is 0 Å². The van der Waals surface area contributed by atoms with Gasteiger partial charge in [0.25, 0.3) is 0 Å². The first-order chi connectivity index (χ1) is 8.65. The average Bonchev–Trinajstić information content (AvgIpc) is 2.40. The van der Waals surface area contributed by atoms with Crippen molar-refractivity contribution in [3.8, 4) is 0 Å². The van der Waals surface area contributed by atoms with Crippen LogP contribution in [0.1, 0.15) is 58.8 Å². The Labute approximate surface area is 122 Å². The van der Waals surface area contributed by atoms with Crippen LogP contribution in [0.3, 0.4) is 0 Å². The second-order valence-corrected chi connectivity index (χ2v) is 7.61. The first kappa shape index (κ1) is 14.8. The Balaban J connectivity index is 1.82. The zero-order valence-electron chi connectivity index (χ0n) is 12.3. The molecule has 0 aromatic carbocycles. The number of hydrogen-bond donors (Lipinski definition) is 0. The molecule has 1 heterocycles. The van der Waals surface area contributed by atoms with Crippen molar-refractivity contribution < 1.29 is 0 Å². The number of nitrogens with zero attached hydrogens (tertiary/aromatic N) is 1. The van der Waals surface area contributed by atoms with Gasteiger partial charge >= 0.3 is 0 Å². The fourth-order valence-corrected chi connectivity index (χ4v) is 4.63. The Morgan fingerprint density at radius 1 is 1.11 bits per heavy atom. The van der Waals surface area contributed by atoms with Crippen LogP contribution < -0.4 is 0 Å². The maximum Gasteiger partial charge on any atom is 0.0100 e. The summed E-state index contributed by atoms with van der Waals surface area (Å²) in [6, 6.07) is 0. The van der Waals surface area contributed by atoms with Gasteiger partial charge in [-0.3, -0.25) is 0 Å². The number of likely N-dealkylation sites (tertiary alicyclic amines) is 1. The van der Waals surface area contributed by atoms with Gasteiger partial charge < -0.3 is 4.90 Å². The van der Waals surface area contributed by atoms with E-state index in [1.165, 1.54) is 69.9 Å². The molecule has 0 aromatic heterocycles. The van der Waals surface area contributed by atoms with E-state index in [4.69, 9.17) is 0 Å². The van der Waals surface area contributed by atoms with Crippen LogP contribution >= 0.6 is 15.9 Å². The molecule has 18 heavy (non-hydrogen) atoms. The van der Waals surface area contributed by atoms with Gasteiger partial charge in [0.15, 0.2) is 0 Å². The molecule has 1 aliphatic heterocycles. The number of hydrogen-bond acceptors (Lipinski definition) is 1. The summed E-state index contributed by atoms with van der Waals surface area (Å²) in [4.78, 5) is 2.76. The third-order valence-electron chi connectivity index (χ3n) is 5.33. The topological polar surface area (TPSA) is 3.24 Å². The third-order valence-corrected chi connectivity index (χ3v) is 6.52. The molecule has 1 saturated carbocycles. The van der Waals surface area contributed by atoms with Gasteiger partial charge in [-0.2, -0.15) is 0 Å². The highest BCUT2D eigenvalue weighted by Crippen LogP contribution is 2.39. The predicted molar refractivity (Wildman–Crippen MR) is 83.3 cm³/mol. The molecule has 0 unspecified atom stereocenters. The zero-order chi connectivity index (χ0) is 13.0. The number of piperidine rings is 1. The summed E-state index contributed by atoms with van der Waals surface area (Å²) in [5.41, 5.74) is 0.600. The number of rotatable bonds is 4. The lowest BCUT2D eigenvalue weighted by molar-refractivity contribution is 0.0864. The Bertz CT molecular complexity index is 237. The van der Waals surface area contributed by atoms with Crippen molar-refractivity contribution in [2.75, 3.05) is 25.0 Å². The quantitative estimate of drug-likeness (QED) is 0.680. The summed E-state index contributed by atoms with van der Waals surface area (Å²) >= 11 is 3.80. The maximum atomic E-state index is 3.80. The normalized spacial score (nSPS) is 26.7. The predicted octanol–water partition coefficient (Wildman–Crippen LogP) is 4.70. The molecule has 106 valence electrons. The van der Waals surface area contributed by atoms with E-state index in [0.717, 1.165) is 11.8 Å². The first-order valence-electron chi connectivity index (χ1n) is 7.93. The largest absolute Gasteiger partial charge is 0.303 e. The van der Waals surface area contributed by atoms with Crippen molar-refractivity contribution >= 4 is 15.9 Å². The van der Waals surface area contributed by atoms with Gasteiger partial charge in [-0.05, 0) is 56.0 Å². The molecular weight excluding hydrogens is 286 g/mol. The molecule has 2 fully saturated rings. The Hall–Kier alpha value is 0.440. The highest BCUT2D eigenvalue weighted by atomic mass is 79.9. The zero-order valence-corrected chi connectivity index (χ0v) is 13.8. The SMILES string of the molecule is CC(C)C1CCN(CC2(CBr)CCCCC2)CC1. The lowest BCUT2D eigenvalue weighted by Crippen LogP contribution is -2.44. The molecule has 2 aliphatic rings. The highest BCUT2D eigenvalue weighted by molar-refractivity contribution is 9.09. The van der Waals surface area contributed by atoms with Crippen molar-refractivity contribution in [1.29, 1.82) is 0 Å². The standard InChI is InChI=1S/C16H30BrN/c1-14(2)15-6-10-18(11-7-15)13-16(12-17)8-4-3-5-9-16/h14-15H,3-13H2,1-2H3. The third kappa shape index (κ3) is 3.72. The van der Waals surface area contributed by atoms with Crippen LogP contribution in [0.2, 0.25) is 0 Å². The fraction of sp³-hybridized carbons (Fsp3) is 1.00. The fourth-order valence-electron chi connectivity index (χ4n) is 3.89. The van der Waals surface area contributed by atoms with Gasteiger partial charge in [0.2, 0.25) is 0 Å². The van der Waals surface area contributed by atoms with Crippen LogP contribution in [0.25, 0.3) is 0 Å². The summed E-state index contributed by atoms with van der Waals surface area (Å²) in [6.45, 7) is 8.82. The van der Waals surface area contributed by atoms with Gasteiger partial charge in [-0.15, -0.1) is 0 Å². The van der Waals surface area contributed by atoms with Crippen molar-refractivity contribution in [2.45, 2.75) is 58.8 Å². The summed E-state index contributed by atoms with van der Waals surface area (Å²) in [5.74, 6) is 1.86. The van der Waals surface area contributed by atoms with Gasteiger partial charge in [0, 0.05) is 11.9 Å². The van der Waals surface area contributed by atoms with Crippen molar-refractivity contribution in [1.82, 2.24) is 4.90 Å².